The molecule has 244 valence electrons. The van der Waals surface area contributed by atoms with Gasteiger partial charge in [-0.15, -0.1) is 0 Å². The van der Waals surface area contributed by atoms with E-state index in [-0.39, 0.29) is 11.3 Å². The SMILES string of the molecule is [2H]c1c([2H])c([2H])c(-c2cc(F)c(N(c3ccc(-c4ccc5ccc6cc7cccnc7c7ccc4c5c67)cc3)c3c([2H])c([2H])c([2H])c([2H])c3[2H])c(-c3c([2H])c([2H])c([2H])c([2H])c3[2H])c2)c([2H])c1[2H]. The molecule has 1 heterocycles. The molecule has 0 saturated heterocycles. The molecule has 10 rings (SSSR count). The van der Waals surface area contributed by atoms with E-state index in [0.29, 0.717) is 5.56 Å². The van der Waals surface area contributed by atoms with Gasteiger partial charge in [0.15, 0.2) is 0 Å². The van der Waals surface area contributed by atoms with E-state index in [4.69, 9.17) is 20.6 Å². The second-order valence-electron chi connectivity index (χ2n) is 12.2. The second kappa shape index (κ2) is 12.2. The summed E-state index contributed by atoms with van der Waals surface area (Å²) < 4.78 is 147. The monoisotopic (exact) mass is 681 g/mol. The van der Waals surface area contributed by atoms with Gasteiger partial charge in [0, 0.05) is 33.9 Å². The van der Waals surface area contributed by atoms with Crippen LogP contribution in [0.15, 0.2) is 188 Å². The van der Waals surface area contributed by atoms with E-state index in [2.05, 4.69) is 23.2 Å². The van der Waals surface area contributed by atoms with Gasteiger partial charge in [0.2, 0.25) is 0 Å². The number of nitrogens with zero attached hydrogens (tertiary/aromatic N) is 2. The first-order valence-corrected chi connectivity index (χ1v) is 16.3. The standard InChI is InChI=1S/C49H31FN2/c50-45-31-38(32-11-4-1-5-12-32)30-44(33-13-6-2-7-14-33)49(45)52(39-16-8-3-9-17-39)40-23-20-34(21-24-40)41-25-22-35-18-19-36-29-37-15-10-28-51-48(37)43-27-26-42(41)46(35)47(36)43/h1-31H/i1D,2D,3D,4D,5D,6D,7D,8D,9D,11D,12D,13D,14D,16D,17D. The fourth-order valence-corrected chi connectivity index (χ4v) is 7.13. The van der Waals surface area contributed by atoms with Crippen molar-refractivity contribution < 1.29 is 25.0 Å². The van der Waals surface area contributed by atoms with Gasteiger partial charge in [-0.2, -0.15) is 0 Å². The van der Waals surface area contributed by atoms with Crippen LogP contribution in [-0.4, -0.2) is 4.98 Å². The zero-order valence-electron chi connectivity index (χ0n) is 42.0. The molecule has 0 spiro atoms. The predicted octanol–water partition coefficient (Wildman–Crippen LogP) is 13.7. The molecule has 9 aromatic carbocycles. The fourth-order valence-electron chi connectivity index (χ4n) is 7.13. The molecule has 0 aliphatic rings. The molecule has 0 aliphatic heterocycles. The molecule has 0 aliphatic carbocycles. The third-order valence-corrected chi connectivity index (χ3v) is 9.34. The van der Waals surface area contributed by atoms with Crippen LogP contribution in [0, 0.1) is 5.82 Å². The highest BCUT2D eigenvalue weighted by atomic mass is 19.1. The number of para-hydroxylation sites is 1. The average molecular weight is 682 g/mol. The van der Waals surface area contributed by atoms with Crippen molar-refractivity contribution in [2.24, 2.45) is 0 Å². The van der Waals surface area contributed by atoms with E-state index in [1.54, 1.807) is 30.5 Å². The van der Waals surface area contributed by atoms with E-state index in [0.717, 1.165) is 65.8 Å². The van der Waals surface area contributed by atoms with Crippen LogP contribution in [0.2, 0.25) is 0 Å². The molecule has 3 heteroatoms. The van der Waals surface area contributed by atoms with Crippen LogP contribution in [0.5, 0.6) is 0 Å². The van der Waals surface area contributed by atoms with E-state index >= 15 is 4.39 Å². The first-order chi connectivity index (χ1) is 31.9. The molecular weight excluding hydrogens is 636 g/mol. The number of aromatic nitrogens is 1. The van der Waals surface area contributed by atoms with Crippen molar-refractivity contribution in [2.45, 2.75) is 0 Å². The molecule has 52 heavy (non-hydrogen) atoms. The number of fused-ring (bicyclic) bond motifs is 2. The van der Waals surface area contributed by atoms with Crippen LogP contribution in [0.3, 0.4) is 0 Å². The molecule has 1 aromatic heterocycles. The summed E-state index contributed by atoms with van der Waals surface area (Å²) >= 11 is 0. The summed E-state index contributed by atoms with van der Waals surface area (Å²) in [6.45, 7) is 0. The zero-order valence-corrected chi connectivity index (χ0v) is 27.0. The van der Waals surface area contributed by atoms with E-state index in [1.807, 2.05) is 36.4 Å². The highest BCUT2D eigenvalue weighted by molar-refractivity contribution is 6.30. The predicted molar refractivity (Wildman–Crippen MR) is 216 cm³/mol. The maximum atomic E-state index is 17.7. The lowest BCUT2D eigenvalue weighted by atomic mass is 9.89. The van der Waals surface area contributed by atoms with Gasteiger partial charge in [-0.05, 0) is 103 Å². The van der Waals surface area contributed by atoms with E-state index in [1.165, 1.54) is 0 Å². The Balaban J connectivity index is 1.26. The molecule has 10 aromatic rings. The zero-order chi connectivity index (χ0) is 47.7. The average Bonchev–Trinajstić information content (AvgIpc) is 3.33. The maximum absolute atomic E-state index is 17.7. The molecule has 0 radical (unpaired) electrons. The Kier molecular flexibility index (Phi) is 4.31. The number of rotatable bonds is 6. The number of pyridine rings is 1. The Labute approximate surface area is 322 Å². The van der Waals surface area contributed by atoms with Crippen molar-refractivity contribution in [2.75, 3.05) is 4.90 Å². The summed E-state index contributed by atoms with van der Waals surface area (Å²) in [6.07, 6.45) is 1.76. The van der Waals surface area contributed by atoms with E-state index < -0.39 is 125 Å². The Morgan fingerprint density at radius 2 is 1.13 bits per heavy atom. The third kappa shape index (κ3) is 4.90. The fraction of sp³-hybridized carbons (Fsp3) is 0. The largest absolute Gasteiger partial charge is 0.307 e. The molecule has 0 unspecified atom stereocenters. The summed E-state index contributed by atoms with van der Waals surface area (Å²) in [6, 6.07) is 15.3. The molecule has 0 saturated carbocycles. The summed E-state index contributed by atoms with van der Waals surface area (Å²) in [5.74, 6) is -1.25. The number of hydrogen-bond acceptors (Lipinski definition) is 2. The topological polar surface area (TPSA) is 16.1 Å². The van der Waals surface area contributed by atoms with Gasteiger partial charge < -0.3 is 4.90 Å². The second-order valence-corrected chi connectivity index (χ2v) is 12.2. The summed E-state index contributed by atoms with van der Waals surface area (Å²) in [4.78, 5) is 5.70. The first kappa shape index (κ1) is 18.4. The highest BCUT2D eigenvalue weighted by Gasteiger charge is 2.23. The Morgan fingerprint density at radius 1 is 0.481 bits per heavy atom. The third-order valence-electron chi connectivity index (χ3n) is 9.34. The molecule has 0 fully saturated rings. The van der Waals surface area contributed by atoms with Gasteiger partial charge in [0.25, 0.3) is 0 Å². The van der Waals surface area contributed by atoms with Gasteiger partial charge in [0.1, 0.15) is 5.82 Å². The van der Waals surface area contributed by atoms with Crippen LogP contribution in [-0.2, 0) is 0 Å². The molecule has 2 nitrogen and oxygen atoms in total. The molecule has 0 amide bonds. The van der Waals surface area contributed by atoms with Crippen LogP contribution in [0.25, 0.3) is 76.6 Å². The molecular formula is C49H31FN2. The van der Waals surface area contributed by atoms with Crippen molar-refractivity contribution in [3.8, 4) is 33.4 Å². The summed E-state index contributed by atoms with van der Waals surface area (Å²) in [7, 11) is 0. The van der Waals surface area contributed by atoms with Gasteiger partial charge in [-0.3, -0.25) is 4.98 Å². The normalized spacial score (nSPS) is 15.6. The maximum Gasteiger partial charge on any atom is 0.148 e. The lowest BCUT2D eigenvalue weighted by Crippen LogP contribution is -2.13. The summed E-state index contributed by atoms with van der Waals surface area (Å²) in [5.41, 5.74) is -0.593. The number of benzene rings is 9. The molecule has 0 bridgehead atoms. The minimum Gasteiger partial charge on any atom is -0.307 e. The van der Waals surface area contributed by atoms with Gasteiger partial charge in [-0.1, -0.05) is 133 Å². The first-order valence-electron chi connectivity index (χ1n) is 23.8. The molecule has 0 atom stereocenters. The van der Waals surface area contributed by atoms with Crippen molar-refractivity contribution in [1.29, 1.82) is 0 Å². The minimum absolute atomic E-state index is 0.0283. The van der Waals surface area contributed by atoms with Gasteiger partial charge in [0.05, 0.1) is 31.8 Å². The number of hydrogen-bond donors (Lipinski definition) is 0. The van der Waals surface area contributed by atoms with Crippen LogP contribution >= 0.6 is 0 Å². The minimum atomic E-state index is -1.25. The van der Waals surface area contributed by atoms with Gasteiger partial charge in [-0.25, -0.2) is 4.39 Å². The summed E-state index contributed by atoms with van der Waals surface area (Å²) in [5, 5.41) is 6.98. The van der Waals surface area contributed by atoms with Crippen LogP contribution < -0.4 is 4.90 Å². The Hall–Kier alpha value is -6.84. The van der Waals surface area contributed by atoms with Crippen molar-refractivity contribution >= 4 is 60.3 Å². The quantitative estimate of drug-likeness (QED) is 0.128. The van der Waals surface area contributed by atoms with Gasteiger partial charge >= 0.3 is 0 Å². The van der Waals surface area contributed by atoms with Crippen molar-refractivity contribution in [3.63, 3.8) is 0 Å². The number of anilines is 3. The lowest BCUT2D eigenvalue weighted by Gasteiger charge is -2.29. The van der Waals surface area contributed by atoms with Crippen LogP contribution in [0.4, 0.5) is 21.5 Å². The molecule has 0 N–H and O–H groups in total. The van der Waals surface area contributed by atoms with Crippen molar-refractivity contribution in [1.82, 2.24) is 4.98 Å². The van der Waals surface area contributed by atoms with Crippen molar-refractivity contribution in [3.05, 3.63) is 194 Å². The van der Waals surface area contributed by atoms with Crippen LogP contribution in [0.1, 0.15) is 20.6 Å². The Morgan fingerprint density at radius 3 is 1.90 bits per heavy atom. The smallest absolute Gasteiger partial charge is 0.148 e. The number of halogens is 1. The lowest BCUT2D eigenvalue weighted by molar-refractivity contribution is 0.630. The van der Waals surface area contributed by atoms with E-state index in [9.17, 15) is 0 Å². The highest BCUT2D eigenvalue weighted by Crippen LogP contribution is 2.46. The Bertz CT molecular complexity index is 3700.